The fourth-order valence-corrected chi connectivity index (χ4v) is 2.75. The molecule has 0 unspecified atom stereocenters. The van der Waals surface area contributed by atoms with Crippen molar-refractivity contribution in [3.05, 3.63) is 98.6 Å². The molecule has 0 atom stereocenters. The van der Waals surface area contributed by atoms with Crippen molar-refractivity contribution in [3.8, 4) is 11.5 Å². The van der Waals surface area contributed by atoms with E-state index in [1.807, 2.05) is 0 Å². The zero-order chi connectivity index (χ0) is 23.8. The van der Waals surface area contributed by atoms with Gasteiger partial charge in [0.2, 0.25) is 0 Å². The number of halogens is 1. The van der Waals surface area contributed by atoms with Crippen LogP contribution in [0.4, 0.5) is 5.69 Å². The highest BCUT2D eigenvalue weighted by molar-refractivity contribution is 6.30. The third-order valence-electron chi connectivity index (χ3n) is 4.24. The van der Waals surface area contributed by atoms with Gasteiger partial charge < -0.3 is 9.47 Å². The van der Waals surface area contributed by atoms with E-state index < -0.39 is 23.4 Å². The number of carbonyl (C=O) groups excluding carboxylic acids is 2. The summed E-state index contributed by atoms with van der Waals surface area (Å²) >= 11 is 5.80. The Morgan fingerprint density at radius 1 is 1.09 bits per heavy atom. The molecular weight excluding hydrogens is 450 g/mol. The normalized spacial score (nSPS) is 10.6. The van der Waals surface area contributed by atoms with Crippen LogP contribution in [0.1, 0.15) is 21.5 Å². The summed E-state index contributed by atoms with van der Waals surface area (Å²) in [5.74, 6) is -0.776. The van der Waals surface area contributed by atoms with Gasteiger partial charge in [-0.3, -0.25) is 14.9 Å². The molecule has 168 valence electrons. The highest BCUT2D eigenvalue weighted by Crippen LogP contribution is 2.27. The van der Waals surface area contributed by atoms with Crippen molar-refractivity contribution < 1.29 is 24.0 Å². The highest BCUT2D eigenvalue weighted by atomic mass is 35.5. The van der Waals surface area contributed by atoms with Gasteiger partial charge in [0.1, 0.15) is 5.75 Å². The van der Waals surface area contributed by atoms with E-state index in [0.29, 0.717) is 27.5 Å². The van der Waals surface area contributed by atoms with Crippen molar-refractivity contribution in [3.63, 3.8) is 0 Å². The molecule has 0 saturated heterocycles. The Balaban J connectivity index is 1.49. The monoisotopic (exact) mass is 467 g/mol. The smallest absolute Gasteiger partial charge is 0.343 e. The summed E-state index contributed by atoms with van der Waals surface area (Å²) in [5.41, 5.74) is 3.76. The van der Waals surface area contributed by atoms with Gasteiger partial charge in [0.25, 0.3) is 5.91 Å². The number of nitro benzene ring substituents is 1. The largest absolute Gasteiger partial charge is 0.477 e. The van der Waals surface area contributed by atoms with E-state index in [0.717, 1.165) is 0 Å². The summed E-state index contributed by atoms with van der Waals surface area (Å²) in [5, 5.41) is 15.4. The lowest BCUT2D eigenvalue weighted by atomic mass is 10.2. The third-order valence-corrected chi connectivity index (χ3v) is 4.50. The topological polar surface area (TPSA) is 120 Å². The lowest BCUT2D eigenvalue weighted by Gasteiger charge is -2.06. The molecule has 10 heteroatoms. The molecule has 1 N–H and O–H groups in total. The fraction of sp³-hybridized carbons (Fsp3) is 0.0870. The Hall–Kier alpha value is -4.24. The number of nitro groups is 1. The summed E-state index contributed by atoms with van der Waals surface area (Å²) in [6.07, 6.45) is 1.39. The zero-order valence-electron chi connectivity index (χ0n) is 17.4. The number of amides is 1. The number of benzene rings is 3. The van der Waals surface area contributed by atoms with Crippen LogP contribution in [-0.4, -0.2) is 29.6 Å². The van der Waals surface area contributed by atoms with Crippen molar-refractivity contribution in [2.75, 3.05) is 6.61 Å². The minimum atomic E-state index is -0.588. The van der Waals surface area contributed by atoms with Gasteiger partial charge in [0.15, 0.2) is 12.4 Å². The van der Waals surface area contributed by atoms with Crippen LogP contribution in [0.5, 0.6) is 11.5 Å². The average molecular weight is 468 g/mol. The first-order valence-corrected chi connectivity index (χ1v) is 9.97. The van der Waals surface area contributed by atoms with E-state index >= 15 is 0 Å². The molecule has 3 aromatic rings. The number of aryl methyl sites for hydroxylation is 1. The molecule has 3 rings (SSSR count). The van der Waals surface area contributed by atoms with Gasteiger partial charge in [0, 0.05) is 11.1 Å². The quantitative estimate of drug-likeness (QED) is 0.173. The van der Waals surface area contributed by atoms with Crippen LogP contribution < -0.4 is 14.9 Å². The average Bonchev–Trinajstić information content (AvgIpc) is 2.79. The van der Waals surface area contributed by atoms with Gasteiger partial charge in [-0.15, -0.1) is 0 Å². The number of ether oxygens (including phenoxy) is 2. The van der Waals surface area contributed by atoms with Crippen LogP contribution in [0, 0.1) is 17.0 Å². The maximum atomic E-state index is 12.1. The fourth-order valence-electron chi connectivity index (χ4n) is 2.62. The minimum Gasteiger partial charge on any atom is -0.477 e. The van der Waals surface area contributed by atoms with Crippen LogP contribution in [0.2, 0.25) is 5.02 Å². The number of rotatable bonds is 8. The molecule has 0 radical (unpaired) electrons. The lowest BCUT2D eigenvalue weighted by Crippen LogP contribution is -2.24. The van der Waals surface area contributed by atoms with Crippen molar-refractivity contribution in [1.29, 1.82) is 0 Å². The molecule has 0 aliphatic heterocycles. The number of esters is 1. The molecule has 1 amide bonds. The molecule has 0 fully saturated rings. The number of hydrazone groups is 1. The van der Waals surface area contributed by atoms with E-state index in [9.17, 15) is 19.7 Å². The molecule has 0 saturated carbocycles. The van der Waals surface area contributed by atoms with E-state index in [-0.39, 0.29) is 11.4 Å². The van der Waals surface area contributed by atoms with Gasteiger partial charge in [-0.05, 0) is 72.6 Å². The van der Waals surface area contributed by atoms with E-state index in [2.05, 4.69) is 10.5 Å². The van der Waals surface area contributed by atoms with Crippen molar-refractivity contribution in [2.45, 2.75) is 6.92 Å². The second kappa shape index (κ2) is 10.9. The molecule has 0 spiro atoms. The number of carbonyl (C=O) groups is 2. The van der Waals surface area contributed by atoms with Gasteiger partial charge in [-0.1, -0.05) is 17.7 Å². The predicted octanol–water partition coefficient (Wildman–Crippen LogP) is 4.30. The maximum Gasteiger partial charge on any atom is 0.343 e. The lowest BCUT2D eigenvalue weighted by molar-refractivity contribution is -0.385. The standard InChI is InChI=1S/C23H18ClN3O6/c1-15-2-11-21(20(12-15)27(30)31)32-14-22(28)26-25-13-16-3-9-19(10-4-16)33-23(29)17-5-7-18(24)8-6-17/h2-13H,14H2,1H3,(H,26,28)/b25-13-. The summed E-state index contributed by atoms with van der Waals surface area (Å²) in [7, 11) is 0. The second-order valence-corrected chi connectivity index (χ2v) is 7.21. The van der Waals surface area contributed by atoms with Gasteiger partial charge >= 0.3 is 11.7 Å². The molecule has 0 heterocycles. The van der Waals surface area contributed by atoms with Crippen LogP contribution in [0.25, 0.3) is 0 Å². The second-order valence-electron chi connectivity index (χ2n) is 6.78. The molecule has 0 aliphatic carbocycles. The number of hydrogen-bond donors (Lipinski definition) is 1. The summed E-state index contributed by atoms with van der Waals surface area (Å²) in [6.45, 7) is 1.27. The van der Waals surface area contributed by atoms with Gasteiger partial charge in [0.05, 0.1) is 16.7 Å². The first-order valence-electron chi connectivity index (χ1n) is 9.59. The Labute approximate surface area is 193 Å². The molecular formula is C23H18ClN3O6. The summed E-state index contributed by atoms with van der Waals surface area (Å²) in [6, 6.07) is 17.2. The molecule has 0 aliphatic rings. The number of nitrogens with zero attached hydrogens (tertiary/aromatic N) is 2. The van der Waals surface area contributed by atoms with E-state index in [1.54, 1.807) is 61.5 Å². The van der Waals surface area contributed by atoms with Crippen LogP contribution in [0.15, 0.2) is 71.8 Å². The molecule has 0 aromatic heterocycles. The highest BCUT2D eigenvalue weighted by Gasteiger charge is 2.16. The van der Waals surface area contributed by atoms with Gasteiger partial charge in [-0.25, -0.2) is 10.2 Å². The van der Waals surface area contributed by atoms with Crippen LogP contribution >= 0.6 is 11.6 Å². The van der Waals surface area contributed by atoms with Gasteiger partial charge in [-0.2, -0.15) is 5.10 Å². The number of hydrogen-bond acceptors (Lipinski definition) is 7. The maximum absolute atomic E-state index is 12.1. The van der Waals surface area contributed by atoms with Crippen LogP contribution in [-0.2, 0) is 4.79 Å². The number of nitrogens with one attached hydrogen (secondary N) is 1. The Morgan fingerprint density at radius 3 is 2.45 bits per heavy atom. The molecule has 9 nitrogen and oxygen atoms in total. The summed E-state index contributed by atoms with van der Waals surface area (Å²) < 4.78 is 10.5. The Kier molecular flexibility index (Phi) is 7.72. The Bertz CT molecular complexity index is 1190. The Morgan fingerprint density at radius 2 is 1.79 bits per heavy atom. The SMILES string of the molecule is Cc1ccc(OCC(=O)N/N=C\c2ccc(OC(=O)c3ccc(Cl)cc3)cc2)c([N+](=O)[O-])c1. The van der Waals surface area contributed by atoms with Crippen molar-refractivity contribution in [2.24, 2.45) is 5.10 Å². The molecule has 0 bridgehead atoms. The first-order chi connectivity index (χ1) is 15.8. The molecule has 33 heavy (non-hydrogen) atoms. The molecule has 3 aromatic carbocycles. The van der Waals surface area contributed by atoms with E-state index in [1.165, 1.54) is 18.3 Å². The van der Waals surface area contributed by atoms with E-state index in [4.69, 9.17) is 21.1 Å². The predicted molar refractivity (Wildman–Crippen MR) is 122 cm³/mol. The van der Waals surface area contributed by atoms with Crippen molar-refractivity contribution in [1.82, 2.24) is 5.43 Å². The zero-order valence-corrected chi connectivity index (χ0v) is 18.1. The van der Waals surface area contributed by atoms with Crippen molar-refractivity contribution >= 4 is 35.4 Å². The van der Waals surface area contributed by atoms with Crippen LogP contribution in [0.3, 0.4) is 0 Å². The minimum absolute atomic E-state index is 0.00605. The third kappa shape index (κ3) is 6.88. The first kappa shape index (κ1) is 23.4. The summed E-state index contributed by atoms with van der Waals surface area (Å²) in [4.78, 5) is 34.5.